The Bertz CT molecular complexity index is 912. The maximum absolute atomic E-state index is 12.9. The van der Waals surface area contributed by atoms with Gasteiger partial charge in [0, 0.05) is 42.6 Å². The number of nitrogens with zero attached hydrogens (tertiary/aromatic N) is 2. The van der Waals surface area contributed by atoms with Crippen LogP contribution in [-0.4, -0.2) is 63.6 Å². The van der Waals surface area contributed by atoms with Gasteiger partial charge in [-0.05, 0) is 66.0 Å². The van der Waals surface area contributed by atoms with Gasteiger partial charge in [0.25, 0.3) is 0 Å². The number of anilines is 1. The number of likely N-dealkylation sites (tertiary alicyclic amines) is 1. The van der Waals surface area contributed by atoms with Gasteiger partial charge in [-0.2, -0.15) is 0 Å². The second-order valence-corrected chi connectivity index (χ2v) is 11.2. The van der Waals surface area contributed by atoms with E-state index in [1.54, 1.807) is 24.0 Å². The van der Waals surface area contributed by atoms with Crippen molar-refractivity contribution in [3.63, 3.8) is 0 Å². The van der Waals surface area contributed by atoms with Gasteiger partial charge in [-0.15, -0.1) is 0 Å². The minimum absolute atomic E-state index is 0.0202. The lowest BCUT2D eigenvalue weighted by Gasteiger charge is -2.19. The van der Waals surface area contributed by atoms with E-state index in [9.17, 15) is 18.0 Å². The molecule has 2 aliphatic rings. The van der Waals surface area contributed by atoms with Gasteiger partial charge in [-0.1, -0.05) is 19.8 Å². The maximum Gasteiger partial charge on any atom is 0.226 e. The summed E-state index contributed by atoms with van der Waals surface area (Å²) in [6.45, 7) is 5.83. The Balaban J connectivity index is 1.57. The zero-order valence-corrected chi connectivity index (χ0v) is 20.6. The molecule has 9 heteroatoms. The molecule has 0 atom stereocenters. The number of benzene rings is 1. The SMILES string of the molecule is CCC(=O)N1CCc2cc(Br)c(S(=O)(=O)CCC(=O)NCCN3CCCCCC3)cc21. The molecule has 1 saturated heterocycles. The fraction of sp³-hybridized carbons (Fsp3) is 0.636. The monoisotopic (exact) mass is 513 g/mol. The molecule has 0 unspecified atom stereocenters. The first-order valence-electron chi connectivity index (χ1n) is 11.2. The second-order valence-electron chi connectivity index (χ2n) is 8.23. The molecule has 172 valence electrons. The van der Waals surface area contributed by atoms with E-state index in [0.717, 1.165) is 25.2 Å². The molecule has 0 bridgehead atoms. The zero-order chi connectivity index (χ0) is 22.4. The predicted molar refractivity (Wildman–Crippen MR) is 125 cm³/mol. The van der Waals surface area contributed by atoms with Crippen LogP contribution in [-0.2, 0) is 25.8 Å². The van der Waals surface area contributed by atoms with Crippen LogP contribution in [0.25, 0.3) is 0 Å². The summed E-state index contributed by atoms with van der Waals surface area (Å²) >= 11 is 3.37. The molecule has 7 nitrogen and oxygen atoms in total. The van der Waals surface area contributed by atoms with E-state index >= 15 is 0 Å². The molecule has 1 fully saturated rings. The molecule has 31 heavy (non-hydrogen) atoms. The molecule has 1 N–H and O–H groups in total. The number of fused-ring (bicyclic) bond motifs is 1. The Kier molecular flexibility index (Phi) is 8.52. The first-order chi connectivity index (χ1) is 14.8. The smallest absolute Gasteiger partial charge is 0.226 e. The average molecular weight is 514 g/mol. The summed E-state index contributed by atoms with van der Waals surface area (Å²) < 4.78 is 26.4. The molecule has 2 amide bonds. The number of amides is 2. The van der Waals surface area contributed by atoms with Crippen molar-refractivity contribution in [1.29, 1.82) is 0 Å². The number of rotatable bonds is 8. The van der Waals surface area contributed by atoms with Crippen molar-refractivity contribution in [2.45, 2.75) is 56.8 Å². The standard InChI is InChI=1S/C22H32BrN3O4S/c1-2-22(28)26-12-7-17-15-18(23)20(16-19(17)26)31(29,30)14-8-21(27)24-9-13-25-10-5-3-4-6-11-25/h15-16H,2-14H2,1H3,(H,24,27). The van der Waals surface area contributed by atoms with Crippen LogP contribution in [0.15, 0.2) is 21.5 Å². The van der Waals surface area contributed by atoms with Gasteiger partial charge in [-0.3, -0.25) is 9.59 Å². The molecule has 1 aromatic rings. The number of hydrogen-bond donors (Lipinski definition) is 1. The summed E-state index contributed by atoms with van der Waals surface area (Å²) in [5, 5.41) is 2.85. The summed E-state index contributed by atoms with van der Waals surface area (Å²) in [5.41, 5.74) is 1.62. The Morgan fingerprint density at radius 3 is 2.48 bits per heavy atom. The fourth-order valence-corrected chi connectivity index (χ4v) is 6.67. The van der Waals surface area contributed by atoms with Crippen LogP contribution < -0.4 is 10.2 Å². The van der Waals surface area contributed by atoms with Gasteiger partial charge in [0.15, 0.2) is 9.84 Å². The highest BCUT2D eigenvalue weighted by Crippen LogP contribution is 2.36. The molecule has 0 aliphatic carbocycles. The number of carbonyl (C=O) groups excluding carboxylic acids is 2. The van der Waals surface area contributed by atoms with Gasteiger partial charge >= 0.3 is 0 Å². The van der Waals surface area contributed by atoms with E-state index in [1.807, 2.05) is 0 Å². The minimum Gasteiger partial charge on any atom is -0.355 e. The highest BCUT2D eigenvalue weighted by molar-refractivity contribution is 9.10. The topological polar surface area (TPSA) is 86.8 Å². The van der Waals surface area contributed by atoms with Gasteiger partial charge < -0.3 is 15.1 Å². The Morgan fingerprint density at radius 2 is 1.81 bits per heavy atom. The number of nitrogens with one attached hydrogen (secondary N) is 1. The lowest BCUT2D eigenvalue weighted by atomic mass is 10.2. The molecular formula is C22H32BrN3O4S. The summed E-state index contributed by atoms with van der Waals surface area (Å²) in [7, 11) is -3.67. The first kappa shape index (κ1) is 24.2. The van der Waals surface area contributed by atoms with E-state index < -0.39 is 9.84 Å². The van der Waals surface area contributed by atoms with Gasteiger partial charge in [0.05, 0.1) is 10.6 Å². The van der Waals surface area contributed by atoms with Crippen LogP contribution in [0.2, 0.25) is 0 Å². The third kappa shape index (κ3) is 6.29. The van der Waals surface area contributed by atoms with Crippen molar-refractivity contribution in [2.24, 2.45) is 0 Å². The Hall–Kier alpha value is -1.45. The lowest BCUT2D eigenvalue weighted by Crippen LogP contribution is -2.36. The molecule has 0 saturated carbocycles. The summed E-state index contributed by atoms with van der Waals surface area (Å²) in [4.78, 5) is 28.5. The van der Waals surface area contributed by atoms with Gasteiger partial charge in [0.1, 0.15) is 0 Å². The van der Waals surface area contributed by atoms with E-state index in [1.165, 1.54) is 25.7 Å². The normalized spacial score (nSPS) is 17.3. The molecule has 1 aromatic carbocycles. The second kappa shape index (κ2) is 10.9. The molecule has 3 rings (SSSR count). The van der Waals surface area contributed by atoms with E-state index in [4.69, 9.17) is 0 Å². The molecule has 0 aromatic heterocycles. The van der Waals surface area contributed by atoms with Gasteiger partial charge in [0.2, 0.25) is 11.8 Å². The first-order valence-corrected chi connectivity index (χ1v) is 13.6. The summed E-state index contributed by atoms with van der Waals surface area (Å²) in [6.07, 6.45) is 5.93. The van der Waals surface area contributed by atoms with Crippen molar-refractivity contribution in [2.75, 3.05) is 43.4 Å². The third-order valence-corrected chi connectivity index (χ3v) is 8.68. The molecule has 2 heterocycles. The van der Waals surface area contributed by atoms with E-state index in [0.29, 0.717) is 36.1 Å². The lowest BCUT2D eigenvalue weighted by molar-refractivity contribution is -0.121. The number of halogens is 1. The van der Waals surface area contributed by atoms with Crippen LogP contribution in [0.4, 0.5) is 5.69 Å². The minimum atomic E-state index is -3.67. The van der Waals surface area contributed by atoms with Crippen LogP contribution in [0.3, 0.4) is 0 Å². The number of carbonyl (C=O) groups is 2. The summed E-state index contributed by atoms with van der Waals surface area (Å²) in [5.74, 6) is -0.534. The number of sulfone groups is 1. The third-order valence-electron chi connectivity index (χ3n) is 6.01. The van der Waals surface area contributed by atoms with Crippen molar-refractivity contribution in [3.8, 4) is 0 Å². The highest BCUT2D eigenvalue weighted by atomic mass is 79.9. The largest absolute Gasteiger partial charge is 0.355 e. The fourth-order valence-electron chi connectivity index (χ4n) is 4.21. The zero-order valence-electron chi connectivity index (χ0n) is 18.2. The van der Waals surface area contributed by atoms with E-state index in [-0.39, 0.29) is 28.9 Å². The molecule has 2 aliphatic heterocycles. The molecule has 0 spiro atoms. The van der Waals surface area contributed by atoms with Crippen LogP contribution in [0, 0.1) is 0 Å². The van der Waals surface area contributed by atoms with Crippen LogP contribution >= 0.6 is 15.9 Å². The van der Waals surface area contributed by atoms with Crippen molar-refractivity contribution < 1.29 is 18.0 Å². The predicted octanol–water partition coefficient (Wildman–Crippen LogP) is 2.90. The van der Waals surface area contributed by atoms with Crippen molar-refractivity contribution in [3.05, 3.63) is 22.2 Å². The average Bonchev–Trinajstić information content (AvgIpc) is 2.97. The summed E-state index contributed by atoms with van der Waals surface area (Å²) in [6, 6.07) is 3.36. The molecular weight excluding hydrogens is 482 g/mol. The van der Waals surface area contributed by atoms with E-state index in [2.05, 4.69) is 26.1 Å². The highest BCUT2D eigenvalue weighted by Gasteiger charge is 2.28. The van der Waals surface area contributed by atoms with Crippen molar-refractivity contribution in [1.82, 2.24) is 10.2 Å². The Morgan fingerprint density at radius 1 is 1.10 bits per heavy atom. The van der Waals surface area contributed by atoms with Crippen LogP contribution in [0.1, 0.15) is 51.0 Å². The quantitative estimate of drug-likeness (QED) is 0.577. The number of hydrogen-bond acceptors (Lipinski definition) is 5. The maximum atomic E-state index is 12.9. The van der Waals surface area contributed by atoms with Crippen molar-refractivity contribution >= 4 is 43.3 Å². The molecule has 0 radical (unpaired) electrons. The van der Waals surface area contributed by atoms with Gasteiger partial charge in [-0.25, -0.2) is 8.42 Å². The Labute approximate surface area is 193 Å². The van der Waals surface area contributed by atoms with Crippen LogP contribution in [0.5, 0.6) is 0 Å².